The number of hydrogen-bond donors (Lipinski definition) is 2. The molecule has 29 heavy (non-hydrogen) atoms. The summed E-state index contributed by atoms with van der Waals surface area (Å²) in [4.78, 5) is 26.9. The maximum Gasteiger partial charge on any atom is 0.227 e. The Labute approximate surface area is 172 Å². The molecule has 1 heterocycles. The fourth-order valence-corrected chi connectivity index (χ4v) is 3.50. The van der Waals surface area contributed by atoms with Crippen molar-refractivity contribution in [3.8, 4) is 5.75 Å². The van der Waals surface area contributed by atoms with E-state index in [-0.39, 0.29) is 17.7 Å². The van der Waals surface area contributed by atoms with Gasteiger partial charge in [0.2, 0.25) is 11.8 Å². The molecule has 0 atom stereocenters. The summed E-state index contributed by atoms with van der Waals surface area (Å²) in [5.41, 5.74) is 7.34. The topological polar surface area (TPSA) is 84.7 Å². The second-order valence-corrected chi connectivity index (χ2v) is 7.29. The molecule has 3 N–H and O–H groups in total. The highest BCUT2D eigenvalue weighted by atomic mass is 16.5. The zero-order valence-corrected chi connectivity index (χ0v) is 16.7. The van der Waals surface area contributed by atoms with Gasteiger partial charge in [-0.2, -0.15) is 0 Å². The van der Waals surface area contributed by atoms with Gasteiger partial charge in [-0.15, -0.1) is 0 Å². The molecule has 0 saturated carbocycles. The van der Waals surface area contributed by atoms with E-state index in [0.29, 0.717) is 45.5 Å². The number of benzene rings is 2. The molecule has 6 nitrogen and oxygen atoms in total. The lowest BCUT2D eigenvalue weighted by Crippen LogP contribution is -2.41. The maximum atomic E-state index is 12.5. The number of nitrogens with one attached hydrogen (secondary N) is 1. The van der Waals surface area contributed by atoms with Gasteiger partial charge in [0.05, 0.1) is 0 Å². The van der Waals surface area contributed by atoms with Crippen molar-refractivity contribution in [1.29, 1.82) is 0 Å². The van der Waals surface area contributed by atoms with Gasteiger partial charge in [-0.25, -0.2) is 0 Å². The van der Waals surface area contributed by atoms with Crippen molar-refractivity contribution in [1.82, 2.24) is 4.90 Å². The molecule has 1 saturated heterocycles. The minimum Gasteiger partial charge on any atom is -0.492 e. The van der Waals surface area contributed by atoms with E-state index in [4.69, 9.17) is 10.5 Å². The molecule has 0 unspecified atom stereocenters. The second kappa shape index (κ2) is 10.6. The Hall–Kier alpha value is -2.86. The van der Waals surface area contributed by atoms with Crippen LogP contribution in [0.1, 0.15) is 24.8 Å². The molecular weight excluding hydrogens is 366 g/mol. The van der Waals surface area contributed by atoms with Crippen LogP contribution in [0.3, 0.4) is 0 Å². The van der Waals surface area contributed by atoms with E-state index >= 15 is 0 Å². The Morgan fingerprint density at radius 1 is 1.03 bits per heavy atom. The molecule has 2 amide bonds. The largest absolute Gasteiger partial charge is 0.492 e. The summed E-state index contributed by atoms with van der Waals surface area (Å²) < 4.78 is 5.44. The van der Waals surface area contributed by atoms with Crippen LogP contribution in [0.2, 0.25) is 0 Å². The van der Waals surface area contributed by atoms with Crippen LogP contribution in [0.4, 0.5) is 5.69 Å². The first kappa shape index (κ1) is 20.9. The van der Waals surface area contributed by atoms with Gasteiger partial charge >= 0.3 is 0 Å². The van der Waals surface area contributed by atoms with Crippen LogP contribution < -0.4 is 15.8 Å². The van der Waals surface area contributed by atoms with Crippen molar-refractivity contribution in [3.05, 3.63) is 60.2 Å². The Kier molecular flexibility index (Phi) is 7.64. The SMILES string of the molecule is NCCOc1ccc(NC(=O)C2CCN(C(=O)CCc3ccccc3)CC2)cc1. The van der Waals surface area contributed by atoms with Crippen LogP contribution in [0.5, 0.6) is 5.75 Å². The van der Waals surface area contributed by atoms with Crippen LogP contribution in [-0.2, 0) is 16.0 Å². The number of amides is 2. The van der Waals surface area contributed by atoms with Gasteiger partial charge in [0.1, 0.15) is 12.4 Å². The first-order valence-corrected chi connectivity index (χ1v) is 10.2. The van der Waals surface area contributed by atoms with Crippen molar-refractivity contribution in [2.24, 2.45) is 11.7 Å². The van der Waals surface area contributed by atoms with Crippen LogP contribution in [-0.4, -0.2) is 43.0 Å². The molecule has 154 valence electrons. The van der Waals surface area contributed by atoms with Crippen LogP contribution >= 0.6 is 0 Å². The summed E-state index contributed by atoms with van der Waals surface area (Å²) in [5.74, 6) is 0.843. The predicted molar refractivity (Wildman–Crippen MR) is 114 cm³/mol. The van der Waals surface area contributed by atoms with Gasteiger partial charge in [-0.05, 0) is 49.1 Å². The highest BCUT2D eigenvalue weighted by molar-refractivity contribution is 5.92. The standard InChI is InChI=1S/C23H29N3O3/c24-14-17-29-21-9-7-20(8-10-21)25-23(28)19-12-15-26(16-13-19)22(27)11-6-18-4-2-1-3-5-18/h1-5,7-10,19H,6,11-17,24H2,(H,25,28). The van der Waals surface area contributed by atoms with Gasteiger partial charge < -0.3 is 20.7 Å². The van der Waals surface area contributed by atoms with Crippen molar-refractivity contribution >= 4 is 17.5 Å². The zero-order chi connectivity index (χ0) is 20.5. The Bertz CT molecular complexity index is 785. The molecule has 1 aliphatic rings. The van der Waals surface area contributed by atoms with E-state index in [1.54, 1.807) is 0 Å². The third-order valence-corrected chi connectivity index (χ3v) is 5.20. The lowest BCUT2D eigenvalue weighted by atomic mass is 9.95. The predicted octanol–water partition coefficient (Wildman–Crippen LogP) is 2.83. The molecule has 1 fully saturated rings. The van der Waals surface area contributed by atoms with Crippen LogP contribution in [0, 0.1) is 5.92 Å². The molecule has 0 aliphatic carbocycles. The number of rotatable bonds is 8. The number of carbonyl (C=O) groups excluding carboxylic acids is 2. The number of nitrogens with two attached hydrogens (primary N) is 1. The Morgan fingerprint density at radius 3 is 2.38 bits per heavy atom. The summed E-state index contributed by atoms with van der Waals surface area (Å²) in [6.07, 6.45) is 2.66. The monoisotopic (exact) mass is 395 g/mol. The smallest absolute Gasteiger partial charge is 0.227 e. The first-order valence-electron chi connectivity index (χ1n) is 10.2. The third-order valence-electron chi connectivity index (χ3n) is 5.20. The summed E-state index contributed by atoms with van der Waals surface area (Å²) >= 11 is 0. The molecule has 3 rings (SSSR count). The maximum absolute atomic E-state index is 12.5. The molecule has 0 spiro atoms. The van der Waals surface area contributed by atoms with E-state index < -0.39 is 0 Å². The minimum absolute atomic E-state index is 0.0111. The number of nitrogens with zero attached hydrogens (tertiary/aromatic N) is 1. The van der Waals surface area contributed by atoms with Gasteiger partial charge in [0, 0.05) is 37.7 Å². The van der Waals surface area contributed by atoms with E-state index in [1.807, 2.05) is 59.5 Å². The number of likely N-dealkylation sites (tertiary alicyclic amines) is 1. The summed E-state index contributed by atoms with van der Waals surface area (Å²) in [6.45, 7) is 2.20. The van der Waals surface area contributed by atoms with Crippen LogP contribution in [0.15, 0.2) is 54.6 Å². The van der Waals surface area contributed by atoms with Crippen LogP contribution in [0.25, 0.3) is 0 Å². The zero-order valence-electron chi connectivity index (χ0n) is 16.7. The number of ether oxygens (including phenoxy) is 1. The fourth-order valence-electron chi connectivity index (χ4n) is 3.50. The summed E-state index contributed by atoms with van der Waals surface area (Å²) in [6, 6.07) is 17.3. The lowest BCUT2D eigenvalue weighted by Gasteiger charge is -2.31. The highest BCUT2D eigenvalue weighted by Crippen LogP contribution is 2.22. The molecule has 1 aliphatic heterocycles. The molecule has 2 aromatic carbocycles. The normalized spacial score (nSPS) is 14.4. The number of hydrogen-bond acceptors (Lipinski definition) is 4. The van der Waals surface area contributed by atoms with Crippen molar-refractivity contribution < 1.29 is 14.3 Å². The molecule has 6 heteroatoms. The molecule has 0 aromatic heterocycles. The van der Waals surface area contributed by atoms with Gasteiger partial charge in [0.25, 0.3) is 0 Å². The molecule has 0 radical (unpaired) electrons. The van der Waals surface area contributed by atoms with Gasteiger partial charge in [-0.3, -0.25) is 9.59 Å². The Balaban J connectivity index is 1.41. The second-order valence-electron chi connectivity index (χ2n) is 7.29. The fraction of sp³-hybridized carbons (Fsp3) is 0.391. The highest BCUT2D eigenvalue weighted by Gasteiger charge is 2.27. The lowest BCUT2D eigenvalue weighted by molar-refractivity contribution is -0.134. The quantitative estimate of drug-likeness (QED) is 0.720. The average Bonchev–Trinajstić information content (AvgIpc) is 2.78. The summed E-state index contributed by atoms with van der Waals surface area (Å²) in [7, 11) is 0. The van der Waals surface area contributed by atoms with E-state index in [2.05, 4.69) is 5.32 Å². The van der Waals surface area contributed by atoms with Gasteiger partial charge in [0.15, 0.2) is 0 Å². The van der Waals surface area contributed by atoms with Crippen molar-refractivity contribution in [2.45, 2.75) is 25.7 Å². The number of aryl methyl sites for hydroxylation is 1. The van der Waals surface area contributed by atoms with Gasteiger partial charge in [-0.1, -0.05) is 30.3 Å². The Morgan fingerprint density at radius 2 is 1.72 bits per heavy atom. The summed E-state index contributed by atoms with van der Waals surface area (Å²) in [5, 5.41) is 2.96. The third kappa shape index (κ3) is 6.32. The van der Waals surface area contributed by atoms with E-state index in [0.717, 1.165) is 17.9 Å². The molecule has 0 bridgehead atoms. The van der Waals surface area contributed by atoms with E-state index in [1.165, 1.54) is 5.56 Å². The minimum atomic E-state index is -0.0682. The molecule has 2 aromatic rings. The number of anilines is 1. The average molecular weight is 396 g/mol. The number of piperidine rings is 1. The first-order chi connectivity index (χ1) is 14.2. The molecular formula is C23H29N3O3. The van der Waals surface area contributed by atoms with E-state index in [9.17, 15) is 9.59 Å². The van der Waals surface area contributed by atoms with Crippen molar-refractivity contribution in [3.63, 3.8) is 0 Å². The van der Waals surface area contributed by atoms with Crippen molar-refractivity contribution in [2.75, 3.05) is 31.6 Å². The number of carbonyl (C=O) groups is 2.